The van der Waals surface area contributed by atoms with Crippen LogP contribution in [0, 0.1) is 0 Å². The van der Waals surface area contributed by atoms with E-state index in [1.54, 1.807) is 48.7 Å². The normalized spacial score (nSPS) is 17.7. The lowest BCUT2D eigenvalue weighted by Crippen LogP contribution is -2.42. The van der Waals surface area contributed by atoms with Crippen molar-refractivity contribution in [3.8, 4) is 11.5 Å². The van der Waals surface area contributed by atoms with Crippen molar-refractivity contribution in [2.24, 2.45) is 0 Å². The van der Waals surface area contributed by atoms with E-state index in [0.29, 0.717) is 27.9 Å². The fourth-order valence-electron chi connectivity index (χ4n) is 3.38. The lowest BCUT2D eigenvalue weighted by Gasteiger charge is -2.21. The maximum absolute atomic E-state index is 12.9. The number of carbonyl (C=O) groups is 4. The molecule has 1 aliphatic heterocycles. The minimum absolute atomic E-state index is 0.166. The van der Waals surface area contributed by atoms with E-state index in [4.69, 9.17) is 4.42 Å². The van der Waals surface area contributed by atoms with Gasteiger partial charge in [0.15, 0.2) is 10.9 Å². The van der Waals surface area contributed by atoms with Crippen LogP contribution in [0.3, 0.4) is 0 Å². The molecule has 1 unspecified atom stereocenters. The van der Waals surface area contributed by atoms with Crippen LogP contribution in [0.2, 0.25) is 0 Å². The lowest BCUT2D eigenvalue weighted by molar-refractivity contribution is -0.133. The summed E-state index contributed by atoms with van der Waals surface area (Å²) in [6, 6.07) is 11.7. The van der Waals surface area contributed by atoms with Crippen molar-refractivity contribution < 1.29 is 23.6 Å². The monoisotopic (exact) mass is 467 g/mol. The van der Waals surface area contributed by atoms with Gasteiger partial charge in [-0.05, 0) is 24.6 Å². The standard InChI is InChI=1S/C22H21N5O5S/c1-13(28)23-10-15-8-9-17(32-15)16-12-33-20(24-16)25-18(29)11-27-19(30)22(2,26-21(27)31)14-6-4-3-5-7-14/h3-9,12H,10-11H2,1-2H3,(H,23,28)(H,26,31)(H,24,25,29). The van der Waals surface area contributed by atoms with Gasteiger partial charge in [0.25, 0.3) is 5.91 Å². The highest BCUT2D eigenvalue weighted by Crippen LogP contribution is 2.29. The second-order valence-corrected chi connectivity index (χ2v) is 8.43. The largest absolute Gasteiger partial charge is 0.458 e. The fraction of sp³-hybridized carbons (Fsp3) is 0.227. The van der Waals surface area contributed by atoms with Crippen LogP contribution in [0.15, 0.2) is 52.3 Å². The van der Waals surface area contributed by atoms with Crippen molar-refractivity contribution in [3.63, 3.8) is 0 Å². The summed E-state index contributed by atoms with van der Waals surface area (Å²) in [7, 11) is 0. The van der Waals surface area contributed by atoms with Crippen LogP contribution in [0.1, 0.15) is 25.2 Å². The molecule has 0 aliphatic carbocycles. The average molecular weight is 468 g/mol. The summed E-state index contributed by atoms with van der Waals surface area (Å²) in [6.45, 7) is 2.85. The molecular formula is C22H21N5O5S. The molecule has 0 radical (unpaired) electrons. The van der Waals surface area contributed by atoms with Crippen LogP contribution in [0.5, 0.6) is 0 Å². The van der Waals surface area contributed by atoms with Crippen molar-refractivity contribution in [1.82, 2.24) is 20.5 Å². The predicted octanol–water partition coefficient (Wildman–Crippen LogP) is 2.44. The first kappa shape index (κ1) is 22.2. The van der Waals surface area contributed by atoms with E-state index in [9.17, 15) is 19.2 Å². The molecule has 33 heavy (non-hydrogen) atoms. The molecule has 5 amide bonds. The van der Waals surface area contributed by atoms with E-state index in [1.807, 2.05) is 6.07 Å². The number of rotatable bonds is 7. The summed E-state index contributed by atoms with van der Waals surface area (Å²) in [4.78, 5) is 54.1. The van der Waals surface area contributed by atoms with Crippen LogP contribution in [0.25, 0.3) is 11.5 Å². The van der Waals surface area contributed by atoms with Gasteiger partial charge in [0.2, 0.25) is 11.8 Å². The summed E-state index contributed by atoms with van der Waals surface area (Å²) in [6.07, 6.45) is 0. The topological polar surface area (TPSA) is 134 Å². The van der Waals surface area contributed by atoms with Crippen molar-refractivity contribution in [1.29, 1.82) is 0 Å². The number of nitrogens with one attached hydrogen (secondary N) is 3. The summed E-state index contributed by atoms with van der Waals surface area (Å²) < 4.78 is 5.65. The average Bonchev–Trinajstić information content (AvgIpc) is 3.49. The molecule has 1 saturated heterocycles. The molecule has 10 nitrogen and oxygen atoms in total. The van der Waals surface area contributed by atoms with Gasteiger partial charge >= 0.3 is 6.03 Å². The summed E-state index contributed by atoms with van der Waals surface area (Å²) in [5, 5.41) is 9.92. The summed E-state index contributed by atoms with van der Waals surface area (Å²) >= 11 is 1.18. The first-order chi connectivity index (χ1) is 15.8. The molecule has 3 heterocycles. The number of hydrogen-bond acceptors (Lipinski definition) is 7. The molecule has 1 aromatic carbocycles. The Balaban J connectivity index is 1.39. The Morgan fingerprint density at radius 3 is 2.67 bits per heavy atom. The van der Waals surface area contributed by atoms with Gasteiger partial charge in [-0.3, -0.25) is 19.3 Å². The summed E-state index contributed by atoms with van der Waals surface area (Å²) in [5.41, 5.74) is -0.0931. The minimum Gasteiger partial charge on any atom is -0.458 e. The van der Waals surface area contributed by atoms with E-state index in [2.05, 4.69) is 20.9 Å². The lowest BCUT2D eigenvalue weighted by atomic mass is 9.92. The highest BCUT2D eigenvalue weighted by atomic mass is 32.1. The number of nitrogens with zero attached hydrogens (tertiary/aromatic N) is 2. The number of urea groups is 1. The highest BCUT2D eigenvalue weighted by molar-refractivity contribution is 7.14. The Labute approximate surface area is 193 Å². The molecule has 1 aliphatic rings. The van der Waals surface area contributed by atoms with E-state index in [1.165, 1.54) is 18.3 Å². The molecule has 3 N–H and O–H groups in total. The Morgan fingerprint density at radius 2 is 1.94 bits per heavy atom. The van der Waals surface area contributed by atoms with E-state index < -0.39 is 29.9 Å². The molecule has 11 heteroatoms. The third-order valence-electron chi connectivity index (χ3n) is 5.10. The number of hydrogen-bond donors (Lipinski definition) is 3. The van der Waals surface area contributed by atoms with Gasteiger partial charge in [-0.15, -0.1) is 11.3 Å². The Hall–Kier alpha value is -3.99. The zero-order valence-corrected chi connectivity index (χ0v) is 18.7. The molecule has 1 atom stereocenters. The van der Waals surface area contributed by atoms with Crippen LogP contribution < -0.4 is 16.0 Å². The molecular weight excluding hydrogens is 446 g/mol. The molecule has 1 fully saturated rings. The second-order valence-electron chi connectivity index (χ2n) is 7.57. The molecule has 170 valence electrons. The highest BCUT2D eigenvalue weighted by Gasteiger charge is 2.49. The first-order valence-corrected chi connectivity index (χ1v) is 10.9. The van der Waals surface area contributed by atoms with Crippen LogP contribution >= 0.6 is 11.3 Å². The quantitative estimate of drug-likeness (QED) is 0.457. The van der Waals surface area contributed by atoms with E-state index >= 15 is 0 Å². The number of benzene rings is 1. The summed E-state index contributed by atoms with van der Waals surface area (Å²) in [5.74, 6) is -0.169. The van der Waals surface area contributed by atoms with E-state index in [0.717, 1.165) is 4.90 Å². The van der Waals surface area contributed by atoms with Crippen LogP contribution in [-0.2, 0) is 26.5 Å². The third-order valence-corrected chi connectivity index (χ3v) is 5.86. The number of anilines is 1. The number of imide groups is 1. The molecule has 3 aromatic rings. The maximum atomic E-state index is 12.9. The molecule has 0 bridgehead atoms. The number of amides is 5. The second kappa shape index (κ2) is 8.87. The van der Waals surface area contributed by atoms with E-state index in [-0.39, 0.29) is 12.5 Å². The Morgan fingerprint density at radius 1 is 1.18 bits per heavy atom. The van der Waals surface area contributed by atoms with Crippen molar-refractivity contribution in [3.05, 3.63) is 59.2 Å². The third kappa shape index (κ3) is 4.62. The SMILES string of the molecule is CC(=O)NCc1ccc(-c2csc(NC(=O)CN3C(=O)NC(C)(c4ccccc4)C3=O)n2)o1. The number of thiazole rings is 1. The number of carbonyl (C=O) groups excluding carboxylic acids is 4. The number of furan rings is 1. The minimum atomic E-state index is -1.23. The Kier molecular flexibility index (Phi) is 5.97. The van der Waals surface area contributed by atoms with Crippen molar-refractivity contribution in [2.45, 2.75) is 25.9 Å². The molecule has 0 saturated carbocycles. The van der Waals surface area contributed by atoms with Gasteiger partial charge in [-0.2, -0.15) is 0 Å². The van der Waals surface area contributed by atoms with Crippen molar-refractivity contribution >= 4 is 40.2 Å². The fourth-order valence-corrected chi connectivity index (χ4v) is 4.09. The van der Waals surface area contributed by atoms with Gasteiger partial charge in [-0.1, -0.05) is 30.3 Å². The smallest absolute Gasteiger partial charge is 0.325 e. The van der Waals surface area contributed by atoms with Gasteiger partial charge in [0, 0.05) is 12.3 Å². The van der Waals surface area contributed by atoms with Gasteiger partial charge in [0.1, 0.15) is 23.5 Å². The van der Waals surface area contributed by atoms with Gasteiger partial charge in [0.05, 0.1) is 6.54 Å². The Bertz CT molecular complexity index is 1220. The van der Waals surface area contributed by atoms with Crippen molar-refractivity contribution in [2.75, 3.05) is 11.9 Å². The van der Waals surface area contributed by atoms with Gasteiger partial charge in [-0.25, -0.2) is 9.78 Å². The van der Waals surface area contributed by atoms with Gasteiger partial charge < -0.3 is 20.4 Å². The molecule has 2 aromatic heterocycles. The van der Waals surface area contributed by atoms with Crippen LogP contribution in [0.4, 0.5) is 9.93 Å². The zero-order chi connectivity index (χ0) is 23.6. The molecule has 0 spiro atoms. The predicted molar refractivity (Wildman–Crippen MR) is 120 cm³/mol. The van der Waals surface area contributed by atoms with Crippen LogP contribution in [-0.4, -0.2) is 40.2 Å². The zero-order valence-electron chi connectivity index (χ0n) is 17.9. The maximum Gasteiger partial charge on any atom is 0.325 e. The first-order valence-electron chi connectivity index (χ1n) is 10.0. The number of aromatic nitrogens is 1. The molecule has 4 rings (SSSR count).